The van der Waals surface area contributed by atoms with E-state index in [4.69, 9.17) is 4.74 Å². The fourth-order valence-corrected chi connectivity index (χ4v) is 2.25. The summed E-state index contributed by atoms with van der Waals surface area (Å²) in [6, 6.07) is 0.709. The summed E-state index contributed by atoms with van der Waals surface area (Å²) in [6.07, 6.45) is 5.52. The highest BCUT2D eigenvalue weighted by atomic mass is 16.5. The Morgan fingerprint density at radius 3 is 2.88 bits per heavy atom. The first kappa shape index (κ1) is 13.9. The van der Waals surface area contributed by atoms with Crippen LogP contribution in [0.25, 0.3) is 0 Å². The number of ether oxygens (including phenoxy) is 1. The zero-order chi connectivity index (χ0) is 11.8. The summed E-state index contributed by atoms with van der Waals surface area (Å²) >= 11 is 0. The van der Waals surface area contributed by atoms with Crippen molar-refractivity contribution in [2.45, 2.75) is 51.7 Å². The number of unbranched alkanes of at least 4 members (excludes halogenated alkanes) is 1. The molecule has 1 aliphatic rings. The third-order valence-electron chi connectivity index (χ3n) is 3.23. The average molecular weight is 228 g/mol. The Kier molecular flexibility index (Phi) is 7.01. The molecule has 0 aromatic heterocycles. The standard InChI is InChI=1S/C13H28N2O/c1-12(2)16-10-5-4-8-15-9-6-7-13(11-15)14-3/h12-14H,4-11H2,1-3H3. The molecule has 1 heterocycles. The van der Waals surface area contributed by atoms with E-state index in [-0.39, 0.29) is 0 Å². The predicted molar refractivity (Wildman–Crippen MR) is 68.8 cm³/mol. The van der Waals surface area contributed by atoms with Crippen molar-refractivity contribution in [3.05, 3.63) is 0 Å². The molecular weight excluding hydrogens is 200 g/mol. The number of nitrogens with zero attached hydrogens (tertiary/aromatic N) is 1. The molecule has 0 radical (unpaired) electrons. The van der Waals surface area contributed by atoms with E-state index in [9.17, 15) is 0 Å². The van der Waals surface area contributed by atoms with Crippen LogP contribution in [0.2, 0.25) is 0 Å². The minimum Gasteiger partial charge on any atom is -0.379 e. The van der Waals surface area contributed by atoms with E-state index in [0.717, 1.165) is 6.61 Å². The van der Waals surface area contributed by atoms with Gasteiger partial charge < -0.3 is 15.0 Å². The lowest BCUT2D eigenvalue weighted by atomic mass is 10.1. The van der Waals surface area contributed by atoms with Gasteiger partial charge in [0.15, 0.2) is 0 Å². The second-order valence-electron chi connectivity index (χ2n) is 5.06. The number of likely N-dealkylation sites (N-methyl/N-ethyl adjacent to an activating group) is 1. The van der Waals surface area contributed by atoms with Gasteiger partial charge in [-0.1, -0.05) is 0 Å². The molecule has 96 valence electrons. The van der Waals surface area contributed by atoms with Gasteiger partial charge in [0.05, 0.1) is 6.10 Å². The first-order valence-corrected chi connectivity index (χ1v) is 6.73. The third kappa shape index (κ3) is 5.83. The van der Waals surface area contributed by atoms with Crippen molar-refractivity contribution < 1.29 is 4.74 Å². The smallest absolute Gasteiger partial charge is 0.0518 e. The van der Waals surface area contributed by atoms with Crippen LogP contribution in [0.1, 0.15) is 39.5 Å². The number of hydrogen-bond donors (Lipinski definition) is 1. The fraction of sp³-hybridized carbons (Fsp3) is 1.00. The number of nitrogens with one attached hydrogen (secondary N) is 1. The maximum Gasteiger partial charge on any atom is 0.0518 e. The molecule has 1 atom stereocenters. The summed E-state index contributed by atoms with van der Waals surface area (Å²) in [5.74, 6) is 0. The van der Waals surface area contributed by atoms with Crippen molar-refractivity contribution in [3.63, 3.8) is 0 Å². The predicted octanol–water partition coefficient (Wildman–Crippen LogP) is 1.88. The summed E-state index contributed by atoms with van der Waals surface area (Å²) in [6.45, 7) is 8.86. The molecule has 1 aliphatic heterocycles. The number of hydrogen-bond acceptors (Lipinski definition) is 3. The first-order chi connectivity index (χ1) is 7.72. The van der Waals surface area contributed by atoms with Gasteiger partial charge in [0.1, 0.15) is 0 Å². The second kappa shape index (κ2) is 8.04. The third-order valence-corrected chi connectivity index (χ3v) is 3.23. The van der Waals surface area contributed by atoms with Gasteiger partial charge in [-0.15, -0.1) is 0 Å². The van der Waals surface area contributed by atoms with Crippen LogP contribution in [0.4, 0.5) is 0 Å². The van der Waals surface area contributed by atoms with Gasteiger partial charge in [0.25, 0.3) is 0 Å². The minimum absolute atomic E-state index is 0.378. The van der Waals surface area contributed by atoms with Gasteiger partial charge in [-0.25, -0.2) is 0 Å². The lowest BCUT2D eigenvalue weighted by Crippen LogP contribution is -2.44. The molecule has 1 fully saturated rings. The fourth-order valence-electron chi connectivity index (χ4n) is 2.25. The molecule has 1 N–H and O–H groups in total. The van der Waals surface area contributed by atoms with Crippen molar-refractivity contribution in [3.8, 4) is 0 Å². The Hall–Kier alpha value is -0.120. The molecule has 1 rings (SSSR count). The molecule has 0 saturated carbocycles. The van der Waals surface area contributed by atoms with E-state index in [1.807, 2.05) is 0 Å². The van der Waals surface area contributed by atoms with Crippen LogP contribution in [-0.4, -0.2) is 50.3 Å². The van der Waals surface area contributed by atoms with Crippen LogP contribution in [-0.2, 0) is 4.74 Å². The van der Waals surface area contributed by atoms with Crippen LogP contribution in [0.15, 0.2) is 0 Å². The van der Waals surface area contributed by atoms with Crippen LogP contribution >= 0.6 is 0 Å². The number of rotatable bonds is 7. The van der Waals surface area contributed by atoms with Gasteiger partial charge >= 0.3 is 0 Å². The molecule has 16 heavy (non-hydrogen) atoms. The maximum atomic E-state index is 5.54. The highest BCUT2D eigenvalue weighted by molar-refractivity contribution is 4.76. The van der Waals surface area contributed by atoms with Crippen molar-refractivity contribution in [2.75, 3.05) is 33.3 Å². The molecule has 3 nitrogen and oxygen atoms in total. The number of piperidine rings is 1. The van der Waals surface area contributed by atoms with E-state index in [1.165, 1.54) is 45.3 Å². The van der Waals surface area contributed by atoms with E-state index in [1.54, 1.807) is 0 Å². The number of likely N-dealkylation sites (tertiary alicyclic amines) is 1. The summed E-state index contributed by atoms with van der Waals surface area (Å²) < 4.78 is 5.54. The lowest BCUT2D eigenvalue weighted by Gasteiger charge is -2.32. The molecule has 0 aromatic carbocycles. The molecule has 0 amide bonds. The quantitative estimate of drug-likeness (QED) is 0.673. The Morgan fingerprint density at radius 1 is 1.38 bits per heavy atom. The van der Waals surface area contributed by atoms with Crippen molar-refractivity contribution in [1.82, 2.24) is 10.2 Å². The largest absolute Gasteiger partial charge is 0.379 e. The molecule has 1 unspecified atom stereocenters. The second-order valence-corrected chi connectivity index (χ2v) is 5.06. The normalized spacial score (nSPS) is 22.9. The van der Waals surface area contributed by atoms with Crippen molar-refractivity contribution in [1.29, 1.82) is 0 Å². The highest BCUT2D eigenvalue weighted by Crippen LogP contribution is 2.10. The zero-order valence-corrected chi connectivity index (χ0v) is 11.2. The molecule has 0 spiro atoms. The zero-order valence-electron chi connectivity index (χ0n) is 11.2. The Labute approximate surface area is 101 Å². The summed E-state index contributed by atoms with van der Waals surface area (Å²) in [4.78, 5) is 2.58. The summed E-state index contributed by atoms with van der Waals surface area (Å²) in [7, 11) is 2.07. The molecule has 3 heteroatoms. The Bertz CT molecular complexity index is 173. The SMILES string of the molecule is CNC1CCCN(CCCCOC(C)C)C1. The topological polar surface area (TPSA) is 24.5 Å². The van der Waals surface area contributed by atoms with Crippen LogP contribution < -0.4 is 5.32 Å². The Balaban J connectivity index is 1.99. The van der Waals surface area contributed by atoms with Gasteiger partial charge in [-0.05, 0) is 59.7 Å². The van der Waals surface area contributed by atoms with Gasteiger partial charge in [0.2, 0.25) is 0 Å². The van der Waals surface area contributed by atoms with E-state index in [0.29, 0.717) is 12.1 Å². The van der Waals surface area contributed by atoms with Crippen molar-refractivity contribution in [2.24, 2.45) is 0 Å². The monoisotopic (exact) mass is 228 g/mol. The Morgan fingerprint density at radius 2 is 2.19 bits per heavy atom. The summed E-state index contributed by atoms with van der Waals surface area (Å²) in [5.41, 5.74) is 0. The van der Waals surface area contributed by atoms with E-state index in [2.05, 4.69) is 31.1 Å². The lowest BCUT2D eigenvalue weighted by molar-refractivity contribution is 0.0733. The van der Waals surface area contributed by atoms with Crippen LogP contribution in [0.5, 0.6) is 0 Å². The molecule has 1 saturated heterocycles. The van der Waals surface area contributed by atoms with Crippen LogP contribution in [0, 0.1) is 0 Å². The molecular formula is C13H28N2O. The van der Waals surface area contributed by atoms with Crippen LogP contribution in [0.3, 0.4) is 0 Å². The molecule has 0 aliphatic carbocycles. The van der Waals surface area contributed by atoms with Gasteiger partial charge in [-0.3, -0.25) is 0 Å². The molecule has 0 aromatic rings. The maximum absolute atomic E-state index is 5.54. The minimum atomic E-state index is 0.378. The van der Waals surface area contributed by atoms with Gasteiger partial charge in [0, 0.05) is 19.2 Å². The van der Waals surface area contributed by atoms with E-state index >= 15 is 0 Å². The first-order valence-electron chi connectivity index (χ1n) is 6.73. The van der Waals surface area contributed by atoms with Crippen molar-refractivity contribution >= 4 is 0 Å². The van der Waals surface area contributed by atoms with Gasteiger partial charge in [-0.2, -0.15) is 0 Å². The summed E-state index contributed by atoms with van der Waals surface area (Å²) in [5, 5.41) is 3.38. The average Bonchev–Trinajstić information content (AvgIpc) is 2.28. The molecule has 0 bridgehead atoms. The van der Waals surface area contributed by atoms with E-state index < -0.39 is 0 Å². The highest BCUT2D eigenvalue weighted by Gasteiger charge is 2.17.